The number of hydrogen-bond donors (Lipinski definition) is 1. The van der Waals surface area contributed by atoms with Crippen molar-refractivity contribution in [2.24, 2.45) is 5.73 Å². The Balaban J connectivity index is 2.13. The summed E-state index contributed by atoms with van der Waals surface area (Å²) < 4.78 is 0. The Morgan fingerprint density at radius 1 is 1.14 bits per heavy atom. The molecule has 2 N–H and O–H groups in total. The van der Waals surface area contributed by atoms with Crippen molar-refractivity contribution < 1.29 is 0 Å². The molecule has 0 bridgehead atoms. The molecule has 0 unspecified atom stereocenters. The number of hydrogen-bond acceptors (Lipinski definition) is 1. The van der Waals surface area contributed by atoms with E-state index in [1.807, 2.05) is 0 Å². The molecule has 78 valence electrons. The molecular formula is C13H21N. The molecule has 0 aromatic rings. The number of unbranched alkanes of at least 4 members (excludes halogenated alkanes) is 1. The van der Waals surface area contributed by atoms with E-state index < -0.39 is 0 Å². The second kappa shape index (κ2) is 4.20. The first-order valence-corrected chi connectivity index (χ1v) is 6.01. The van der Waals surface area contributed by atoms with E-state index in [9.17, 15) is 0 Å². The molecule has 1 nitrogen and oxygen atoms in total. The number of rotatable bonds is 3. The Morgan fingerprint density at radius 2 is 2.00 bits per heavy atom. The van der Waals surface area contributed by atoms with Crippen LogP contribution in [0.25, 0.3) is 0 Å². The molecule has 1 heteroatoms. The van der Waals surface area contributed by atoms with Gasteiger partial charge in [0.1, 0.15) is 0 Å². The summed E-state index contributed by atoms with van der Waals surface area (Å²) >= 11 is 0. The standard InChI is InChI=1S/C13H21N/c1-2-3-5-11-9-8-10-6-4-7-12(10)13(11)14/h2-9,14H2,1H3. The first-order valence-electron chi connectivity index (χ1n) is 6.01. The minimum Gasteiger partial charge on any atom is -0.399 e. The fourth-order valence-corrected chi connectivity index (χ4v) is 2.71. The zero-order chi connectivity index (χ0) is 9.97. The fourth-order valence-electron chi connectivity index (χ4n) is 2.71. The molecule has 0 radical (unpaired) electrons. The summed E-state index contributed by atoms with van der Waals surface area (Å²) in [5.41, 5.74) is 12.2. The van der Waals surface area contributed by atoms with Gasteiger partial charge in [-0.2, -0.15) is 0 Å². The van der Waals surface area contributed by atoms with E-state index in [2.05, 4.69) is 6.92 Å². The molecule has 14 heavy (non-hydrogen) atoms. The zero-order valence-electron chi connectivity index (χ0n) is 9.23. The molecule has 0 aromatic heterocycles. The maximum atomic E-state index is 6.23. The molecular weight excluding hydrogens is 170 g/mol. The lowest BCUT2D eigenvalue weighted by Gasteiger charge is -2.20. The van der Waals surface area contributed by atoms with Crippen molar-refractivity contribution >= 4 is 0 Å². The molecule has 2 rings (SSSR count). The molecule has 2 aliphatic carbocycles. The molecule has 0 heterocycles. The molecule has 2 aliphatic rings. The predicted octanol–water partition coefficient (Wildman–Crippen LogP) is 3.66. The molecule has 0 aliphatic heterocycles. The van der Waals surface area contributed by atoms with E-state index in [1.54, 1.807) is 11.1 Å². The summed E-state index contributed by atoms with van der Waals surface area (Å²) in [4.78, 5) is 0. The van der Waals surface area contributed by atoms with Crippen LogP contribution in [0.15, 0.2) is 22.4 Å². The second-order valence-electron chi connectivity index (χ2n) is 4.56. The minimum absolute atomic E-state index is 1.18. The maximum absolute atomic E-state index is 6.23. The van der Waals surface area contributed by atoms with Gasteiger partial charge < -0.3 is 5.73 Å². The smallest absolute Gasteiger partial charge is 0.0338 e. The third-order valence-electron chi connectivity index (χ3n) is 3.60. The summed E-state index contributed by atoms with van der Waals surface area (Å²) in [5, 5.41) is 0. The van der Waals surface area contributed by atoms with Gasteiger partial charge in [-0.1, -0.05) is 18.9 Å². The lowest BCUT2D eigenvalue weighted by atomic mass is 9.89. The predicted molar refractivity (Wildman–Crippen MR) is 60.8 cm³/mol. The van der Waals surface area contributed by atoms with Crippen molar-refractivity contribution in [2.75, 3.05) is 0 Å². The molecule has 0 fully saturated rings. The van der Waals surface area contributed by atoms with Gasteiger partial charge in [0.05, 0.1) is 0 Å². The lowest BCUT2D eigenvalue weighted by Crippen LogP contribution is -2.10. The highest BCUT2D eigenvalue weighted by Crippen LogP contribution is 2.39. The summed E-state index contributed by atoms with van der Waals surface area (Å²) in [7, 11) is 0. The topological polar surface area (TPSA) is 26.0 Å². The average molecular weight is 191 g/mol. The van der Waals surface area contributed by atoms with Gasteiger partial charge in [-0.25, -0.2) is 0 Å². The summed E-state index contributed by atoms with van der Waals surface area (Å²) in [5.74, 6) is 0. The summed E-state index contributed by atoms with van der Waals surface area (Å²) in [6.45, 7) is 2.25. The third-order valence-corrected chi connectivity index (χ3v) is 3.60. The highest BCUT2D eigenvalue weighted by atomic mass is 14.6. The third kappa shape index (κ3) is 1.73. The van der Waals surface area contributed by atoms with Crippen LogP contribution in [-0.4, -0.2) is 0 Å². The van der Waals surface area contributed by atoms with Crippen LogP contribution in [0.5, 0.6) is 0 Å². The van der Waals surface area contributed by atoms with Crippen LogP contribution in [0.3, 0.4) is 0 Å². The van der Waals surface area contributed by atoms with Gasteiger partial charge in [0, 0.05) is 5.70 Å². The Kier molecular flexibility index (Phi) is 2.95. The molecule has 0 spiro atoms. The first kappa shape index (κ1) is 9.82. The lowest BCUT2D eigenvalue weighted by molar-refractivity contribution is 0.723. The van der Waals surface area contributed by atoms with Crippen LogP contribution in [0.2, 0.25) is 0 Å². The fraction of sp³-hybridized carbons (Fsp3) is 0.692. The molecule has 0 atom stereocenters. The van der Waals surface area contributed by atoms with Crippen LogP contribution in [0, 0.1) is 0 Å². The summed E-state index contributed by atoms with van der Waals surface area (Å²) in [6.07, 6.45) is 10.3. The van der Waals surface area contributed by atoms with E-state index in [-0.39, 0.29) is 0 Å². The Labute approximate surface area is 87.1 Å². The van der Waals surface area contributed by atoms with Gasteiger partial charge in [0.15, 0.2) is 0 Å². The van der Waals surface area contributed by atoms with E-state index in [4.69, 9.17) is 5.73 Å². The van der Waals surface area contributed by atoms with Gasteiger partial charge >= 0.3 is 0 Å². The minimum atomic E-state index is 1.18. The largest absolute Gasteiger partial charge is 0.399 e. The van der Waals surface area contributed by atoms with Crippen LogP contribution in [0.4, 0.5) is 0 Å². The van der Waals surface area contributed by atoms with Crippen molar-refractivity contribution in [1.82, 2.24) is 0 Å². The van der Waals surface area contributed by atoms with Crippen molar-refractivity contribution in [1.29, 1.82) is 0 Å². The Bertz CT molecular complexity index is 284. The van der Waals surface area contributed by atoms with E-state index in [0.29, 0.717) is 0 Å². The molecule has 0 saturated heterocycles. The zero-order valence-corrected chi connectivity index (χ0v) is 9.23. The van der Waals surface area contributed by atoms with Gasteiger partial charge in [-0.05, 0) is 56.1 Å². The monoisotopic (exact) mass is 191 g/mol. The van der Waals surface area contributed by atoms with Gasteiger partial charge in [-0.3, -0.25) is 0 Å². The van der Waals surface area contributed by atoms with Crippen LogP contribution < -0.4 is 5.73 Å². The van der Waals surface area contributed by atoms with Crippen molar-refractivity contribution in [2.45, 2.75) is 58.3 Å². The molecule has 0 aromatic carbocycles. The first-order chi connectivity index (χ1) is 6.83. The van der Waals surface area contributed by atoms with Crippen LogP contribution in [-0.2, 0) is 0 Å². The van der Waals surface area contributed by atoms with E-state index in [0.717, 1.165) is 0 Å². The second-order valence-corrected chi connectivity index (χ2v) is 4.56. The normalized spacial score (nSPS) is 21.8. The van der Waals surface area contributed by atoms with E-state index in [1.165, 1.54) is 62.6 Å². The Hall–Kier alpha value is -0.720. The van der Waals surface area contributed by atoms with Crippen molar-refractivity contribution in [3.63, 3.8) is 0 Å². The average Bonchev–Trinajstić information content (AvgIpc) is 2.66. The number of allylic oxidation sites excluding steroid dienone is 3. The number of nitrogens with two attached hydrogens (primary N) is 1. The van der Waals surface area contributed by atoms with Gasteiger partial charge in [0.25, 0.3) is 0 Å². The highest BCUT2D eigenvalue weighted by Gasteiger charge is 2.22. The van der Waals surface area contributed by atoms with Crippen LogP contribution in [0.1, 0.15) is 58.3 Å². The van der Waals surface area contributed by atoms with Crippen molar-refractivity contribution in [3.8, 4) is 0 Å². The summed E-state index contributed by atoms with van der Waals surface area (Å²) in [6, 6.07) is 0. The molecule has 0 amide bonds. The SMILES string of the molecule is CCCCC1=C(N)C2=C(CCC2)CC1. The van der Waals surface area contributed by atoms with Crippen LogP contribution >= 0.6 is 0 Å². The highest BCUT2D eigenvalue weighted by molar-refractivity contribution is 5.42. The van der Waals surface area contributed by atoms with E-state index >= 15 is 0 Å². The van der Waals surface area contributed by atoms with Crippen molar-refractivity contribution in [3.05, 3.63) is 22.4 Å². The van der Waals surface area contributed by atoms with Gasteiger partial charge in [-0.15, -0.1) is 0 Å². The Morgan fingerprint density at radius 3 is 2.79 bits per heavy atom. The molecule has 0 saturated carbocycles. The quantitative estimate of drug-likeness (QED) is 0.723. The maximum Gasteiger partial charge on any atom is 0.0338 e. The van der Waals surface area contributed by atoms with Gasteiger partial charge in [0.2, 0.25) is 0 Å².